The third kappa shape index (κ3) is 5.22. The molecule has 2 rings (SSSR count). The van der Waals surface area contributed by atoms with Crippen LogP contribution in [0.25, 0.3) is 0 Å². The smallest absolute Gasteiger partial charge is 0.241 e. The second-order valence-electron chi connectivity index (χ2n) is 7.32. The van der Waals surface area contributed by atoms with Gasteiger partial charge in [-0.2, -0.15) is 0 Å². The number of likely N-dealkylation sites (tertiary alicyclic amines) is 1. The molecule has 6 nitrogen and oxygen atoms in total. The van der Waals surface area contributed by atoms with Crippen LogP contribution < -0.4 is 10.5 Å². The van der Waals surface area contributed by atoms with E-state index < -0.39 is 10.0 Å². The van der Waals surface area contributed by atoms with Crippen molar-refractivity contribution in [2.75, 3.05) is 19.6 Å². The average Bonchev–Trinajstić information content (AvgIpc) is 2.58. The van der Waals surface area contributed by atoms with Crippen molar-refractivity contribution in [3.8, 4) is 0 Å². The summed E-state index contributed by atoms with van der Waals surface area (Å²) in [7, 11) is -3.66. The Bertz CT molecular complexity index is 772. The fourth-order valence-electron chi connectivity index (χ4n) is 3.54. The van der Waals surface area contributed by atoms with E-state index in [1.165, 1.54) is 0 Å². The molecule has 1 saturated heterocycles. The van der Waals surface area contributed by atoms with Crippen LogP contribution in [0.1, 0.15) is 47.1 Å². The Hall–Kier alpha value is -1.15. The van der Waals surface area contributed by atoms with E-state index in [0.29, 0.717) is 18.0 Å². The Labute approximate surface area is 169 Å². The summed E-state index contributed by atoms with van der Waals surface area (Å²) in [4.78, 5) is 14.4. The van der Waals surface area contributed by atoms with Gasteiger partial charge >= 0.3 is 0 Å². The highest BCUT2D eigenvalue weighted by molar-refractivity contribution is 7.89. The maximum absolute atomic E-state index is 12.8. The lowest BCUT2D eigenvalue weighted by Crippen LogP contribution is -2.43. The van der Waals surface area contributed by atoms with E-state index >= 15 is 0 Å². The molecule has 1 amide bonds. The first-order valence-corrected chi connectivity index (χ1v) is 10.6. The number of nitrogens with one attached hydrogen (secondary N) is 1. The number of piperidine rings is 1. The summed E-state index contributed by atoms with van der Waals surface area (Å²) in [5.74, 6) is -0.0238. The van der Waals surface area contributed by atoms with E-state index in [9.17, 15) is 13.2 Å². The molecule has 0 radical (unpaired) electrons. The lowest BCUT2D eigenvalue weighted by molar-refractivity contribution is -0.132. The number of carbonyl (C=O) groups excluding carboxylic acids is 1. The molecule has 27 heavy (non-hydrogen) atoms. The first-order chi connectivity index (χ1) is 12.1. The van der Waals surface area contributed by atoms with Crippen molar-refractivity contribution in [2.45, 2.75) is 64.8 Å². The molecule has 0 aromatic heterocycles. The molecule has 0 atom stereocenters. The molecule has 0 spiro atoms. The summed E-state index contributed by atoms with van der Waals surface area (Å²) in [6.07, 6.45) is 1.77. The van der Waals surface area contributed by atoms with Crippen molar-refractivity contribution in [3.05, 3.63) is 27.8 Å². The zero-order valence-electron chi connectivity index (χ0n) is 16.9. The summed E-state index contributed by atoms with van der Waals surface area (Å²) in [5, 5.41) is 0. The Kier molecular flexibility index (Phi) is 8.29. The number of rotatable bonds is 5. The monoisotopic (exact) mass is 417 g/mol. The van der Waals surface area contributed by atoms with Gasteiger partial charge in [-0.1, -0.05) is 0 Å². The van der Waals surface area contributed by atoms with Crippen LogP contribution >= 0.6 is 12.4 Å². The van der Waals surface area contributed by atoms with Crippen molar-refractivity contribution < 1.29 is 13.2 Å². The number of amides is 1. The maximum Gasteiger partial charge on any atom is 0.241 e. The first-order valence-electron chi connectivity index (χ1n) is 9.16. The van der Waals surface area contributed by atoms with Gasteiger partial charge in [0.05, 0.1) is 4.90 Å². The zero-order chi connectivity index (χ0) is 19.6. The van der Waals surface area contributed by atoms with Gasteiger partial charge in [0, 0.05) is 32.1 Å². The molecular formula is C19H32ClN3O3S. The van der Waals surface area contributed by atoms with E-state index in [-0.39, 0.29) is 37.3 Å². The molecule has 8 heteroatoms. The van der Waals surface area contributed by atoms with Crippen LogP contribution in [0.5, 0.6) is 0 Å². The Morgan fingerprint density at radius 2 is 1.44 bits per heavy atom. The Balaban J connectivity index is 0.00000364. The summed E-state index contributed by atoms with van der Waals surface area (Å²) >= 11 is 0. The third-order valence-corrected chi connectivity index (χ3v) is 7.46. The van der Waals surface area contributed by atoms with Crippen molar-refractivity contribution in [1.29, 1.82) is 0 Å². The van der Waals surface area contributed by atoms with Gasteiger partial charge in [0.2, 0.25) is 15.9 Å². The van der Waals surface area contributed by atoms with Crippen LogP contribution in [-0.2, 0) is 14.8 Å². The quantitative estimate of drug-likeness (QED) is 0.768. The van der Waals surface area contributed by atoms with Gasteiger partial charge < -0.3 is 10.6 Å². The highest BCUT2D eigenvalue weighted by Gasteiger charge is 2.25. The van der Waals surface area contributed by atoms with E-state index in [2.05, 4.69) is 4.72 Å². The molecule has 1 aliphatic heterocycles. The molecule has 1 aliphatic rings. The lowest BCUT2D eigenvalue weighted by Gasteiger charge is -2.30. The number of hydrogen-bond donors (Lipinski definition) is 2. The predicted molar refractivity (Wildman–Crippen MR) is 111 cm³/mol. The molecule has 0 aliphatic carbocycles. The molecular weight excluding hydrogens is 386 g/mol. The second-order valence-corrected chi connectivity index (χ2v) is 9.02. The number of halogens is 1. The maximum atomic E-state index is 12.8. The third-order valence-electron chi connectivity index (χ3n) is 5.72. The average molecular weight is 418 g/mol. The molecule has 154 valence electrons. The van der Waals surface area contributed by atoms with Crippen LogP contribution in [0.2, 0.25) is 0 Å². The van der Waals surface area contributed by atoms with Crippen LogP contribution in [-0.4, -0.2) is 44.9 Å². The normalized spacial score (nSPS) is 15.6. The molecule has 0 bridgehead atoms. The van der Waals surface area contributed by atoms with Crippen LogP contribution in [0.3, 0.4) is 0 Å². The van der Waals surface area contributed by atoms with Gasteiger partial charge in [-0.05, 0) is 75.3 Å². The minimum absolute atomic E-state index is 0. The molecule has 1 heterocycles. The van der Waals surface area contributed by atoms with Gasteiger partial charge in [0.25, 0.3) is 0 Å². The van der Waals surface area contributed by atoms with Gasteiger partial charge in [-0.15, -0.1) is 12.4 Å². The summed E-state index contributed by atoms with van der Waals surface area (Å²) in [5.41, 5.74) is 10.5. The lowest BCUT2D eigenvalue weighted by atomic mass is 9.95. The van der Waals surface area contributed by atoms with Gasteiger partial charge in [0.15, 0.2) is 0 Å². The fourth-order valence-corrected chi connectivity index (χ4v) is 5.17. The van der Waals surface area contributed by atoms with E-state index in [0.717, 1.165) is 40.7 Å². The minimum atomic E-state index is -3.66. The van der Waals surface area contributed by atoms with E-state index in [1.807, 2.05) is 34.6 Å². The number of nitrogens with zero attached hydrogens (tertiary/aromatic N) is 1. The van der Waals surface area contributed by atoms with E-state index in [1.54, 1.807) is 4.90 Å². The first kappa shape index (κ1) is 23.9. The van der Waals surface area contributed by atoms with Gasteiger partial charge in [-0.3, -0.25) is 4.79 Å². The Morgan fingerprint density at radius 1 is 1.00 bits per heavy atom. The largest absolute Gasteiger partial charge is 0.343 e. The fraction of sp³-hybridized carbons (Fsp3) is 0.632. The summed E-state index contributed by atoms with van der Waals surface area (Å²) in [6, 6.07) is 0.163. The van der Waals surface area contributed by atoms with Crippen LogP contribution in [0.15, 0.2) is 4.90 Å². The number of hydrogen-bond acceptors (Lipinski definition) is 4. The van der Waals surface area contributed by atoms with Crippen LogP contribution in [0, 0.1) is 34.6 Å². The van der Waals surface area contributed by atoms with Crippen molar-refractivity contribution in [3.63, 3.8) is 0 Å². The van der Waals surface area contributed by atoms with Crippen molar-refractivity contribution in [1.82, 2.24) is 9.62 Å². The standard InChI is InChI=1S/C19H31N3O3S.ClH/c1-12-13(2)15(4)19(16(5)14(12)3)26(24,25)21-9-6-18(23)22-10-7-17(20)8-11-22;/h17,21H,6-11,20H2,1-5H3;1H. The van der Waals surface area contributed by atoms with Gasteiger partial charge in [0.1, 0.15) is 0 Å². The zero-order valence-corrected chi connectivity index (χ0v) is 18.5. The summed E-state index contributed by atoms with van der Waals surface area (Å²) in [6.45, 7) is 11.0. The highest BCUT2D eigenvalue weighted by Crippen LogP contribution is 2.29. The number of nitrogens with two attached hydrogens (primary N) is 1. The summed E-state index contributed by atoms with van der Waals surface area (Å²) < 4.78 is 28.3. The number of sulfonamides is 1. The number of benzene rings is 1. The molecule has 1 aromatic carbocycles. The number of carbonyl (C=O) groups is 1. The molecule has 3 N–H and O–H groups in total. The topological polar surface area (TPSA) is 92.5 Å². The molecule has 0 unspecified atom stereocenters. The molecule has 1 aromatic rings. The molecule has 0 saturated carbocycles. The van der Waals surface area contributed by atoms with Crippen molar-refractivity contribution >= 4 is 28.3 Å². The minimum Gasteiger partial charge on any atom is -0.343 e. The van der Waals surface area contributed by atoms with Gasteiger partial charge in [-0.25, -0.2) is 13.1 Å². The SMILES string of the molecule is Cc1c(C)c(C)c(S(=O)(=O)NCCC(=O)N2CCC(N)CC2)c(C)c1C.Cl. The predicted octanol–water partition coefficient (Wildman–Crippen LogP) is 2.27. The second kappa shape index (κ2) is 9.37. The molecule has 1 fully saturated rings. The highest BCUT2D eigenvalue weighted by atomic mass is 35.5. The van der Waals surface area contributed by atoms with Crippen LogP contribution in [0.4, 0.5) is 0 Å². The van der Waals surface area contributed by atoms with Crippen molar-refractivity contribution in [2.24, 2.45) is 5.73 Å². The Morgan fingerprint density at radius 3 is 1.93 bits per heavy atom. The van der Waals surface area contributed by atoms with E-state index in [4.69, 9.17) is 5.73 Å².